The zero-order valence-corrected chi connectivity index (χ0v) is 13.9. The van der Waals surface area contributed by atoms with E-state index in [9.17, 15) is 4.79 Å². The molecule has 3 atom stereocenters. The molecule has 20 heavy (non-hydrogen) atoms. The molecule has 2 fully saturated rings. The van der Waals surface area contributed by atoms with E-state index in [1.165, 1.54) is 19.3 Å². The Morgan fingerprint density at radius 2 is 2.00 bits per heavy atom. The van der Waals surface area contributed by atoms with Crippen LogP contribution in [0.25, 0.3) is 0 Å². The second-order valence-corrected chi connectivity index (χ2v) is 8.25. The van der Waals surface area contributed by atoms with Gasteiger partial charge in [0.25, 0.3) is 0 Å². The third kappa shape index (κ3) is 3.03. The summed E-state index contributed by atoms with van der Waals surface area (Å²) in [6.07, 6.45) is 4.69. The van der Waals surface area contributed by atoms with Crippen LogP contribution in [0.2, 0.25) is 0 Å². The number of rotatable bonds is 6. The van der Waals surface area contributed by atoms with Crippen LogP contribution in [-0.4, -0.2) is 25.0 Å². The summed E-state index contributed by atoms with van der Waals surface area (Å²) in [5.41, 5.74) is 0.823. The van der Waals surface area contributed by atoms with Crippen molar-refractivity contribution in [3.63, 3.8) is 0 Å². The fraction of sp³-hybridized carbons (Fsp3) is 0.941. The monoisotopic (exact) mass is 280 g/mol. The van der Waals surface area contributed by atoms with E-state index < -0.39 is 0 Å². The Kier molecular flexibility index (Phi) is 4.48. The number of hydrogen-bond acceptors (Lipinski definition) is 2. The molecule has 116 valence electrons. The zero-order chi connectivity index (χ0) is 15.0. The summed E-state index contributed by atoms with van der Waals surface area (Å²) in [4.78, 5) is 11.8. The van der Waals surface area contributed by atoms with Gasteiger partial charge in [-0.15, -0.1) is 0 Å². The fourth-order valence-corrected chi connectivity index (χ4v) is 4.55. The Labute approximate surface area is 124 Å². The second-order valence-electron chi connectivity index (χ2n) is 8.25. The van der Waals surface area contributed by atoms with Gasteiger partial charge in [0.15, 0.2) is 0 Å². The van der Waals surface area contributed by atoms with E-state index in [0.717, 1.165) is 19.0 Å². The first-order valence-corrected chi connectivity index (χ1v) is 8.26. The van der Waals surface area contributed by atoms with E-state index in [-0.39, 0.29) is 5.91 Å². The van der Waals surface area contributed by atoms with Crippen LogP contribution in [0, 0.1) is 22.7 Å². The van der Waals surface area contributed by atoms with E-state index in [1.807, 2.05) is 0 Å². The van der Waals surface area contributed by atoms with E-state index in [2.05, 4.69) is 45.3 Å². The van der Waals surface area contributed by atoms with Crippen molar-refractivity contribution in [2.45, 2.75) is 66.3 Å². The maximum absolute atomic E-state index is 11.8. The molecule has 0 aliphatic heterocycles. The number of hydrogen-bond donors (Lipinski definition) is 2. The Morgan fingerprint density at radius 1 is 1.30 bits per heavy atom. The fourth-order valence-electron chi connectivity index (χ4n) is 4.55. The van der Waals surface area contributed by atoms with Gasteiger partial charge >= 0.3 is 0 Å². The molecule has 1 amide bonds. The lowest BCUT2D eigenvalue weighted by Crippen LogP contribution is -2.51. The van der Waals surface area contributed by atoms with Gasteiger partial charge in [-0.2, -0.15) is 0 Å². The van der Waals surface area contributed by atoms with E-state index in [0.29, 0.717) is 29.2 Å². The molecular formula is C17H32N2O. The van der Waals surface area contributed by atoms with E-state index >= 15 is 0 Å². The summed E-state index contributed by atoms with van der Waals surface area (Å²) >= 11 is 0. The molecule has 3 nitrogen and oxygen atoms in total. The van der Waals surface area contributed by atoms with E-state index in [1.54, 1.807) is 0 Å². The lowest BCUT2D eigenvalue weighted by Gasteiger charge is -2.43. The summed E-state index contributed by atoms with van der Waals surface area (Å²) < 4.78 is 0. The Bertz CT molecular complexity index is 359. The second kappa shape index (κ2) is 5.67. The summed E-state index contributed by atoms with van der Waals surface area (Å²) in [7, 11) is 0. The number of nitrogens with one attached hydrogen (secondary N) is 2. The molecule has 2 saturated carbocycles. The normalized spacial score (nSPS) is 34.7. The lowest BCUT2D eigenvalue weighted by atomic mass is 9.68. The maximum atomic E-state index is 11.8. The first-order valence-electron chi connectivity index (χ1n) is 8.26. The van der Waals surface area contributed by atoms with Gasteiger partial charge in [-0.25, -0.2) is 0 Å². The van der Waals surface area contributed by atoms with Crippen LogP contribution in [0.1, 0.15) is 60.3 Å². The summed E-state index contributed by atoms with van der Waals surface area (Å²) in [6.45, 7) is 13.1. The number of carbonyl (C=O) groups excluding carboxylic acids is 1. The first-order chi connectivity index (χ1) is 9.25. The first kappa shape index (κ1) is 15.8. The molecule has 2 bridgehead atoms. The minimum Gasteiger partial charge on any atom is -0.356 e. The zero-order valence-electron chi connectivity index (χ0n) is 13.9. The Morgan fingerprint density at radius 3 is 2.55 bits per heavy atom. The molecule has 0 spiro atoms. The van der Waals surface area contributed by atoms with Gasteiger partial charge in [0.2, 0.25) is 5.91 Å². The highest BCUT2D eigenvalue weighted by molar-refractivity contribution is 5.76. The summed E-state index contributed by atoms with van der Waals surface area (Å²) in [6, 6.07) is 0.562. The molecule has 0 heterocycles. The lowest BCUT2D eigenvalue weighted by molar-refractivity contribution is -0.121. The predicted octanol–water partition coefficient (Wildman–Crippen LogP) is 2.95. The maximum Gasteiger partial charge on any atom is 0.221 e. The summed E-state index contributed by atoms with van der Waals surface area (Å²) in [5.74, 6) is 1.56. The smallest absolute Gasteiger partial charge is 0.221 e. The Balaban J connectivity index is 1.78. The van der Waals surface area contributed by atoms with Gasteiger partial charge in [0.1, 0.15) is 0 Å². The average molecular weight is 280 g/mol. The molecule has 2 rings (SSSR count). The minimum absolute atomic E-state index is 0.178. The number of amides is 1. The van der Waals surface area contributed by atoms with Crippen molar-refractivity contribution in [2.24, 2.45) is 22.7 Å². The van der Waals surface area contributed by atoms with Crippen LogP contribution in [0.15, 0.2) is 0 Å². The minimum atomic E-state index is 0.178. The molecular weight excluding hydrogens is 248 g/mol. The van der Waals surface area contributed by atoms with Crippen LogP contribution >= 0.6 is 0 Å². The van der Waals surface area contributed by atoms with Gasteiger partial charge in [-0.05, 0) is 41.9 Å². The van der Waals surface area contributed by atoms with Gasteiger partial charge in [-0.1, -0.05) is 34.6 Å². The van der Waals surface area contributed by atoms with Crippen molar-refractivity contribution in [1.82, 2.24) is 10.6 Å². The van der Waals surface area contributed by atoms with Gasteiger partial charge < -0.3 is 10.6 Å². The van der Waals surface area contributed by atoms with Crippen molar-refractivity contribution < 1.29 is 4.79 Å². The van der Waals surface area contributed by atoms with Crippen molar-refractivity contribution >= 4 is 5.91 Å². The largest absolute Gasteiger partial charge is 0.356 e. The van der Waals surface area contributed by atoms with Crippen LogP contribution in [-0.2, 0) is 4.79 Å². The van der Waals surface area contributed by atoms with Gasteiger partial charge in [-0.3, -0.25) is 4.79 Å². The molecule has 2 aliphatic rings. The highest BCUT2D eigenvalue weighted by Crippen LogP contribution is 2.62. The average Bonchev–Trinajstić information content (AvgIpc) is 2.82. The highest BCUT2D eigenvalue weighted by atomic mass is 16.1. The molecule has 0 aromatic rings. The van der Waals surface area contributed by atoms with Crippen LogP contribution in [0.3, 0.4) is 0 Å². The summed E-state index contributed by atoms with van der Waals surface area (Å²) in [5, 5.41) is 6.69. The molecule has 2 aliphatic carbocycles. The SMILES string of the molecule is CC(C)CNC(=O)CCNC1C2(C)CCC(C2)C1(C)C. The van der Waals surface area contributed by atoms with E-state index in [4.69, 9.17) is 0 Å². The van der Waals surface area contributed by atoms with Crippen LogP contribution in [0.4, 0.5) is 0 Å². The molecule has 0 aromatic heterocycles. The van der Waals surface area contributed by atoms with Gasteiger partial charge in [0.05, 0.1) is 0 Å². The van der Waals surface area contributed by atoms with Crippen molar-refractivity contribution in [3.05, 3.63) is 0 Å². The standard InChI is InChI=1S/C17H32N2O/c1-12(2)11-19-14(20)7-9-18-15-16(3,4)13-6-8-17(15,5)10-13/h12-13,15,18H,6-11H2,1-5H3,(H,19,20). The van der Waals surface area contributed by atoms with Crippen molar-refractivity contribution in [2.75, 3.05) is 13.1 Å². The third-order valence-electron chi connectivity index (χ3n) is 5.68. The van der Waals surface area contributed by atoms with Crippen LogP contribution < -0.4 is 10.6 Å². The van der Waals surface area contributed by atoms with Crippen molar-refractivity contribution in [3.8, 4) is 0 Å². The molecule has 3 unspecified atom stereocenters. The van der Waals surface area contributed by atoms with Crippen LogP contribution in [0.5, 0.6) is 0 Å². The topological polar surface area (TPSA) is 41.1 Å². The molecule has 0 aromatic carbocycles. The highest BCUT2D eigenvalue weighted by Gasteiger charge is 2.58. The molecule has 0 saturated heterocycles. The quantitative estimate of drug-likeness (QED) is 0.785. The molecule has 3 heteroatoms. The molecule has 2 N–H and O–H groups in total. The Hall–Kier alpha value is -0.570. The third-order valence-corrected chi connectivity index (χ3v) is 5.68. The van der Waals surface area contributed by atoms with Gasteiger partial charge in [0, 0.05) is 25.6 Å². The van der Waals surface area contributed by atoms with Crippen molar-refractivity contribution in [1.29, 1.82) is 0 Å². The number of carbonyl (C=O) groups is 1. The molecule has 0 radical (unpaired) electrons. The predicted molar refractivity (Wildman–Crippen MR) is 83.5 cm³/mol. The number of fused-ring (bicyclic) bond motifs is 2.